The van der Waals surface area contributed by atoms with Gasteiger partial charge in [-0.1, -0.05) is 44.2 Å². The summed E-state index contributed by atoms with van der Waals surface area (Å²) in [5, 5.41) is 4.11. The Morgan fingerprint density at radius 1 is 1.47 bits per heavy atom. The standard InChI is InChI=1S/C14H20ClNO/c1-4-8-17-14-7-5-6-13(15)12(14)10-16-9-11(2)3/h4-7,11,16H,1,8-10H2,2-3H3. The highest BCUT2D eigenvalue weighted by Crippen LogP contribution is 2.26. The lowest BCUT2D eigenvalue weighted by atomic mass is 10.1. The zero-order chi connectivity index (χ0) is 12.7. The number of nitrogens with one attached hydrogen (secondary N) is 1. The summed E-state index contributed by atoms with van der Waals surface area (Å²) in [5.74, 6) is 1.45. The summed E-state index contributed by atoms with van der Waals surface area (Å²) in [7, 11) is 0. The molecule has 0 bridgehead atoms. The minimum absolute atomic E-state index is 0.498. The quantitative estimate of drug-likeness (QED) is 0.749. The molecule has 0 fully saturated rings. The molecule has 0 saturated heterocycles. The second kappa shape index (κ2) is 7.36. The average molecular weight is 254 g/mol. The van der Waals surface area contributed by atoms with Gasteiger partial charge in [0.2, 0.25) is 0 Å². The Kier molecular flexibility index (Phi) is 6.09. The molecule has 1 aromatic rings. The van der Waals surface area contributed by atoms with Crippen molar-refractivity contribution >= 4 is 11.6 Å². The second-order valence-corrected chi connectivity index (χ2v) is 4.75. The van der Waals surface area contributed by atoms with Crippen molar-refractivity contribution in [2.24, 2.45) is 5.92 Å². The molecule has 0 aliphatic heterocycles. The summed E-state index contributed by atoms with van der Waals surface area (Å²) < 4.78 is 5.58. The van der Waals surface area contributed by atoms with Crippen LogP contribution in [0, 0.1) is 5.92 Å². The van der Waals surface area contributed by atoms with Gasteiger partial charge in [-0.15, -0.1) is 0 Å². The molecule has 0 atom stereocenters. The highest BCUT2D eigenvalue weighted by atomic mass is 35.5. The fourth-order valence-corrected chi connectivity index (χ4v) is 1.71. The SMILES string of the molecule is C=CCOc1cccc(Cl)c1CNCC(C)C. The van der Waals surface area contributed by atoms with Crippen molar-refractivity contribution in [2.75, 3.05) is 13.2 Å². The molecule has 2 nitrogen and oxygen atoms in total. The van der Waals surface area contributed by atoms with Gasteiger partial charge in [-0.25, -0.2) is 0 Å². The first-order valence-corrected chi connectivity index (χ1v) is 6.24. The van der Waals surface area contributed by atoms with Crippen molar-refractivity contribution in [1.29, 1.82) is 0 Å². The van der Waals surface area contributed by atoms with Crippen molar-refractivity contribution in [3.05, 3.63) is 41.4 Å². The largest absolute Gasteiger partial charge is 0.489 e. The van der Waals surface area contributed by atoms with Crippen LogP contribution >= 0.6 is 11.6 Å². The predicted octanol–water partition coefficient (Wildman–Crippen LogP) is 3.65. The Morgan fingerprint density at radius 2 is 2.24 bits per heavy atom. The minimum Gasteiger partial charge on any atom is -0.489 e. The van der Waals surface area contributed by atoms with Gasteiger partial charge < -0.3 is 10.1 Å². The van der Waals surface area contributed by atoms with Crippen LogP contribution < -0.4 is 10.1 Å². The number of ether oxygens (including phenoxy) is 1. The molecule has 0 spiro atoms. The van der Waals surface area contributed by atoms with E-state index in [1.54, 1.807) is 6.08 Å². The van der Waals surface area contributed by atoms with Crippen LogP contribution in [-0.4, -0.2) is 13.2 Å². The molecule has 1 rings (SSSR count). The monoisotopic (exact) mass is 253 g/mol. The van der Waals surface area contributed by atoms with Gasteiger partial charge in [-0.2, -0.15) is 0 Å². The second-order valence-electron chi connectivity index (χ2n) is 4.34. The lowest BCUT2D eigenvalue weighted by molar-refractivity contribution is 0.357. The molecule has 0 heterocycles. The van der Waals surface area contributed by atoms with E-state index in [9.17, 15) is 0 Å². The average Bonchev–Trinajstić information content (AvgIpc) is 2.29. The molecule has 17 heavy (non-hydrogen) atoms. The van der Waals surface area contributed by atoms with E-state index in [4.69, 9.17) is 16.3 Å². The Balaban J connectivity index is 2.69. The van der Waals surface area contributed by atoms with Gasteiger partial charge in [-0.05, 0) is 24.6 Å². The van der Waals surface area contributed by atoms with Gasteiger partial charge in [0.25, 0.3) is 0 Å². The maximum absolute atomic E-state index is 6.18. The van der Waals surface area contributed by atoms with E-state index in [-0.39, 0.29) is 0 Å². The molecule has 94 valence electrons. The Morgan fingerprint density at radius 3 is 2.88 bits per heavy atom. The molecule has 0 aliphatic rings. The normalized spacial score (nSPS) is 10.6. The van der Waals surface area contributed by atoms with E-state index in [1.807, 2.05) is 18.2 Å². The third-order valence-electron chi connectivity index (χ3n) is 2.29. The highest BCUT2D eigenvalue weighted by molar-refractivity contribution is 6.31. The van der Waals surface area contributed by atoms with Crippen LogP contribution in [0.3, 0.4) is 0 Å². The number of hydrogen-bond acceptors (Lipinski definition) is 2. The summed E-state index contributed by atoms with van der Waals surface area (Å²) >= 11 is 6.18. The van der Waals surface area contributed by atoms with Gasteiger partial charge in [0.05, 0.1) is 0 Å². The molecule has 3 heteroatoms. The van der Waals surface area contributed by atoms with E-state index in [0.717, 1.165) is 29.4 Å². The smallest absolute Gasteiger partial charge is 0.125 e. The molecular weight excluding hydrogens is 234 g/mol. The van der Waals surface area contributed by atoms with Gasteiger partial charge in [0.15, 0.2) is 0 Å². The van der Waals surface area contributed by atoms with E-state index < -0.39 is 0 Å². The van der Waals surface area contributed by atoms with Crippen molar-refractivity contribution in [1.82, 2.24) is 5.32 Å². The first-order valence-electron chi connectivity index (χ1n) is 5.87. The summed E-state index contributed by atoms with van der Waals surface area (Å²) in [5.41, 5.74) is 1.01. The Bertz CT molecular complexity index is 363. The molecule has 1 aromatic carbocycles. The number of hydrogen-bond donors (Lipinski definition) is 1. The Hall–Kier alpha value is -0.990. The third-order valence-corrected chi connectivity index (χ3v) is 2.64. The lowest BCUT2D eigenvalue weighted by Crippen LogP contribution is -2.19. The number of halogens is 1. The summed E-state index contributed by atoms with van der Waals surface area (Å²) in [6, 6.07) is 5.71. The van der Waals surface area contributed by atoms with Crippen LogP contribution in [0.25, 0.3) is 0 Å². The maximum atomic E-state index is 6.18. The third kappa shape index (κ3) is 4.80. The van der Waals surface area contributed by atoms with Gasteiger partial charge in [-0.3, -0.25) is 0 Å². The van der Waals surface area contributed by atoms with Crippen molar-refractivity contribution in [2.45, 2.75) is 20.4 Å². The van der Waals surface area contributed by atoms with Gasteiger partial charge in [0, 0.05) is 17.1 Å². The highest BCUT2D eigenvalue weighted by Gasteiger charge is 2.07. The number of benzene rings is 1. The molecule has 0 amide bonds. The van der Waals surface area contributed by atoms with E-state index >= 15 is 0 Å². The lowest BCUT2D eigenvalue weighted by Gasteiger charge is -2.13. The molecular formula is C14H20ClNO. The van der Waals surface area contributed by atoms with Crippen LogP contribution in [0.5, 0.6) is 5.75 Å². The van der Waals surface area contributed by atoms with Crippen LogP contribution in [0.15, 0.2) is 30.9 Å². The fraction of sp³-hybridized carbons (Fsp3) is 0.429. The molecule has 0 radical (unpaired) electrons. The van der Waals surface area contributed by atoms with Crippen molar-refractivity contribution in [3.8, 4) is 5.75 Å². The first-order chi connectivity index (χ1) is 8.15. The number of rotatable bonds is 7. The van der Waals surface area contributed by atoms with Crippen molar-refractivity contribution in [3.63, 3.8) is 0 Å². The molecule has 1 N–H and O–H groups in total. The zero-order valence-electron chi connectivity index (χ0n) is 10.5. The fourth-order valence-electron chi connectivity index (χ4n) is 1.48. The first kappa shape index (κ1) is 14.1. The minimum atomic E-state index is 0.498. The van der Waals surface area contributed by atoms with E-state index in [1.165, 1.54) is 0 Å². The Labute approximate surface area is 109 Å². The van der Waals surface area contributed by atoms with E-state index in [0.29, 0.717) is 12.5 Å². The van der Waals surface area contributed by atoms with Crippen LogP contribution in [0.2, 0.25) is 5.02 Å². The molecule has 0 saturated carbocycles. The zero-order valence-corrected chi connectivity index (χ0v) is 11.3. The summed E-state index contributed by atoms with van der Waals surface area (Å²) in [6.07, 6.45) is 1.73. The topological polar surface area (TPSA) is 21.3 Å². The van der Waals surface area contributed by atoms with Crippen LogP contribution in [0.1, 0.15) is 19.4 Å². The van der Waals surface area contributed by atoms with Gasteiger partial charge in [0.1, 0.15) is 12.4 Å². The molecule has 0 aromatic heterocycles. The van der Waals surface area contributed by atoms with E-state index in [2.05, 4.69) is 25.7 Å². The van der Waals surface area contributed by atoms with Crippen LogP contribution in [-0.2, 0) is 6.54 Å². The molecule has 0 unspecified atom stereocenters. The molecule has 0 aliphatic carbocycles. The summed E-state index contributed by atoms with van der Waals surface area (Å²) in [6.45, 7) is 10.2. The predicted molar refractivity (Wildman–Crippen MR) is 73.7 cm³/mol. The maximum Gasteiger partial charge on any atom is 0.125 e. The van der Waals surface area contributed by atoms with Crippen LogP contribution in [0.4, 0.5) is 0 Å². The summed E-state index contributed by atoms with van der Waals surface area (Å²) in [4.78, 5) is 0. The van der Waals surface area contributed by atoms with Gasteiger partial charge >= 0.3 is 0 Å². The van der Waals surface area contributed by atoms with Crippen molar-refractivity contribution < 1.29 is 4.74 Å².